The third-order valence-electron chi connectivity index (χ3n) is 3.62. The molecule has 2 aromatic carbocycles. The Bertz CT molecular complexity index is 594. The number of aliphatic hydroxyl groups is 1. The van der Waals surface area contributed by atoms with E-state index in [1.54, 1.807) is 7.11 Å². The Morgan fingerprint density at radius 1 is 1.20 bits per heavy atom. The van der Waals surface area contributed by atoms with E-state index in [9.17, 15) is 5.11 Å². The predicted molar refractivity (Wildman–Crippen MR) is 76.5 cm³/mol. The molecule has 0 saturated carbocycles. The van der Waals surface area contributed by atoms with E-state index in [0.717, 1.165) is 22.4 Å². The highest BCUT2D eigenvalue weighted by atomic mass is 16.5. The molecular weight excluding hydrogens is 252 g/mol. The minimum atomic E-state index is -0.476. The normalized spacial score (nSPS) is 21.1. The van der Waals surface area contributed by atoms with Crippen molar-refractivity contribution in [1.29, 1.82) is 0 Å². The van der Waals surface area contributed by atoms with Gasteiger partial charge in [-0.3, -0.25) is 0 Å². The van der Waals surface area contributed by atoms with E-state index in [0.29, 0.717) is 13.0 Å². The number of fused-ring (bicyclic) bond motifs is 1. The van der Waals surface area contributed by atoms with Crippen molar-refractivity contribution in [1.82, 2.24) is 0 Å². The molecule has 0 aliphatic carbocycles. The molecule has 0 radical (unpaired) electrons. The zero-order valence-electron chi connectivity index (χ0n) is 11.5. The molecule has 1 aliphatic heterocycles. The second-order valence-electron chi connectivity index (χ2n) is 5.07. The molecule has 20 heavy (non-hydrogen) atoms. The van der Waals surface area contributed by atoms with E-state index >= 15 is 0 Å². The van der Waals surface area contributed by atoms with Gasteiger partial charge in [-0.15, -0.1) is 0 Å². The fraction of sp³-hybridized carbons (Fsp3) is 0.294. The first-order valence-corrected chi connectivity index (χ1v) is 6.79. The predicted octanol–water partition coefficient (Wildman–Crippen LogP) is 3.39. The molecule has 3 nitrogen and oxygen atoms in total. The summed E-state index contributed by atoms with van der Waals surface area (Å²) in [5, 5.41) is 10.3. The van der Waals surface area contributed by atoms with E-state index in [4.69, 9.17) is 9.47 Å². The van der Waals surface area contributed by atoms with Crippen molar-refractivity contribution in [3.8, 4) is 5.75 Å². The van der Waals surface area contributed by atoms with E-state index in [-0.39, 0.29) is 6.10 Å². The lowest BCUT2D eigenvalue weighted by Crippen LogP contribution is -2.19. The quantitative estimate of drug-likeness (QED) is 0.929. The monoisotopic (exact) mass is 270 g/mol. The van der Waals surface area contributed by atoms with Gasteiger partial charge in [0.25, 0.3) is 0 Å². The van der Waals surface area contributed by atoms with Gasteiger partial charge in [0, 0.05) is 19.1 Å². The molecule has 0 fully saturated rings. The van der Waals surface area contributed by atoms with Crippen LogP contribution in [0.25, 0.3) is 0 Å². The summed E-state index contributed by atoms with van der Waals surface area (Å²) < 4.78 is 11.2. The maximum atomic E-state index is 10.3. The Morgan fingerprint density at radius 2 is 2.05 bits per heavy atom. The van der Waals surface area contributed by atoms with Crippen LogP contribution in [0.2, 0.25) is 0 Å². The fourth-order valence-corrected chi connectivity index (χ4v) is 2.65. The largest absolute Gasteiger partial charge is 0.485 e. The number of hydrogen-bond acceptors (Lipinski definition) is 3. The van der Waals surface area contributed by atoms with Crippen LogP contribution in [0, 0.1) is 0 Å². The summed E-state index contributed by atoms with van der Waals surface area (Å²) in [5.74, 6) is 0.772. The molecule has 0 spiro atoms. The SMILES string of the molecule is COCc1cccc(C2C[C@H](O)c3ccccc3O2)c1. The Morgan fingerprint density at radius 3 is 2.90 bits per heavy atom. The zero-order valence-corrected chi connectivity index (χ0v) is 11.5. The smallest absolute Gasteiger partial charge is 0.127 e. The lowest BCUT2D eigenvalue weighted by Gasteiger charge is -2.30. The summed E-state index contributed by atoms with van der Waals surface area (Å²) >= 11 is 0. The van der Waals surface area contributed by atoms with Gasteiger partial charge in [-0.1, -0.05) is 36.4 Å². The van der Waals surface area contributed by atoms with Gasteiger partial charge in [0.1, 0.15) is 11.9 Å². The van der Waals surface area contributed by atoms with Gasteiger partial charge in [-0.25, -0.2) is 0 Å². The average molecular weight is 270 g/mol. The highest BCUT2D eigenvalue weighted by Crippen LogP contribution is 2.40. The van der Waals surface area contributed by atoms with Gasteiger partial charge in [0.05, 0.1) is 12.7 Å². The standard InChI is InChI=1S/C17H18O3/c1-19-11-12-5-4-6-13(9-12)17-10-15(18)14-7-2-3-8-16(14)20-17/h2-9,15,17-18H,10-11H2,1H3/t15-,17?/m0/s1. The summed E-state index contributed by atoms with van der Waals surface area (Å²) in [6, 6.07) is 15.8. The molecule has 3 heteroatoms. The fourth-order valence-electron chi connectivity index (χ4n) is 2.65. The van der Waals surface area contributed by atoms with Crippen molar-refractivity contribution in [2.24, 2.45) is 0 Å². The maximum absolute atomic E-state index is 10.3. The third kappa shape index (κ3) is 2.55. The van der Waals surface area contributed by atoms with E-state index < -0.39 is 6.10 Å². The summed E-state index contributed by atoms with van der Waals surface area (Å²) in [6.45, 7) is 0.583. The third-order valence-corrected chi connectivity index (χ3v) is 3.62. The first kappa shape index (κ1) is 13.2. The van der Waals surface area contributed by atoms with Crippen molar-refractivity contribution in [3.63, 3.8) is 0 Å². The maximum Gasteiger partial charge on any atom is 0.127 e. The average Bonchev–Trinajstić information content (AvgIpc) is 2.48. The lowest BCUT2D eigenvalue weighted by molar-refractivity contribution is 0.0656. The van der Waals surface area contributed by atoms with Gasteiger partial charge in [0.15, 0.2) is 0 Å². The Labute approximate surface area is 118 Å². The second kappa shape index (κ2) is 5.65. The van der Waals surface area contributed by atoms with Crippen LogP contribution in [-0.2, 0) is 11.3 Å². The molecule has 2 aromatic rings. The van der Waals surface area contributed by atoms with E-state index in [1.165, 1.54) is 0 Å². The summed E-state index contributed by atoms with van der Waals surface area (Å²) in [4.78, 5) is 0. The van der Waals surface area contributed by atoms with Crippen LogP contribution in [0.4, 0.5) is 0 Å². The molecule has 3 rings (SSSR count). The minimum Gasteiger partial charge on any atom is -0.485 e. The number of rotatable bonds is 3. The molecule has 0 bridgehead atoms. The van der Waals surface area contributed by atoms with Crippen LogP contribution < -0.4 is 4.74 Å². The molecule has 0 saturated heterocycles. The van der Waals surface area contributed by atoms with Crippen molar-refractivity contribution in [2.75, 3.05) is 7.11 Å². The Kier molecular flexibility index (Phi) is 3.72. The highest BCUT2D eigenvalue weighted by molar-refractivity contribution is 5.38. The number of ether oxygens (including phenoxy) is 2. The van der Waals surface area contributed by atoms with Gasteiger partial charge in [0.2, 0.25) is 0 Å². The van der Waals surface area contributed by atoms with Gasteiger partial charge < -0.3 is 14.6 Å². The summed E-state index contributed by atoms with van der Waals surface area (Å²) in [7, 11) is 1.68. The van der Waals surface area contributed by atoms with Crippen LogP contribution in [0.3, 0.4) is 0 Å². The summed E-state index contributed by atoms with van der Waals surface area (Å²) in [5.41, 5.74) is 3.06. The number of methoxy groups -OCH3 is 1. The van der Waals surface area contributed by atoms with Crippen molar-refractivity contribution >= 4 is 0 Å². The zero-order chi connectivity index (χ0) is 13.9. The first-order chi connectivity index (χ1) is 9.78. The molecule has 0 aromatic heterocycles. The second-order valence-corrected chi connectivity index (χ2v) is 5.07. The van der Waals surface area contributed by atoms with Gasteiger partial charge >= 0.3 is 0 Å². The highest BCUT2D eigenvalue weighted by Gasteiger charge is 2.27. The number of para-hydroxylation sites is 1. The molecule has 0 amide bonds. The molecule has 104 valence electrons. The van der Waals surface area contributed by atoms with Crippen LogP contribution in [-0.4, -0.2) is 12.2 Å². The Balaban J connectivity index is 1.87. The molecular formula is C17H18O3. The topological polar surface area (TPSA) is 38.7 Å². The number of hydrogen-bond donors (Lipinski definition) is 1. The van der Waals surface area contributed by atoms with Crippen molar-refractivity contribution < 1.29 is 14.6 Å². The minimum absolute atomic E-state index is 0.114. The van der Waals surface area contributed by atoms with Crippen molar-refractivity contribution in [2.45, 2.75) is 25.2 Å². The molecule has 1 unspecified atom stereocenters. The van der Waals surface area contributed by atoms with E-state index in [1.807, 2.05) is 42.5 Å². The lowest BCUT2D eigenvalue weighted by atomic mass is 9.94. The molecule has 1 heterocycles. The van der Waals surface area contributed by atoms with Gasteiger partial charge in [-0.05, 0) is 23.3 Å². The van der Waals surface area contributed by atoms with E-state index in [2.05, 4.69) is 6.07 Å². The number of aliphatic hydroxyl groups excluding tert-OH is 1. The van der Waals surface area contributed by atoms with Crippen LogP contribution in [0.1, 0.15) is 35.3 Å². The van der Waals surface area contributed by atoms with Crippen LogP contribution >= 0.6 is 0 Å². The molecule has 1 N–H and O–H groups in total. The molecule has 2 atom stereocenters. The summed E-state index contributed by atoms with van der Waals surface area (Å²) in [6.07, 6.45) is -0.0132. The van der Waals surface area contributed by atoms with Crippen molar-refractivity contribution in [3.05, 3.63) is 65.2 Å². The molecule has 1 aliphatic rings. The van der Waals surface area contributed by atoms with Crippen LogP contribution in [0.5, 0.6) is 5.75 Å². The Hall–Kier alpha value is -1.84. The van der Waals surface area contributed by atoms with Crippen LogP contribution in [0.15, 0.2) is 48.5 Å². The van der Waals surface area contributed by atoms with Gasteiger partial charge in [-0.2, -0.15) is 0 Å². The number of benzene rings is 2. The first-order valence-electron chi connectivity index (χ1n) is 6.79.